The maximum Gasteiger partial charge on any atom is 0.250 e. The van der Waals surface area contributed by atoms with Gasteiger partial charge in [0, 0.05) is 12.0 Å². The highest BCUT2D eigenvalue weighted by atomic mass is 16.2. The van der Waals surface area contributed by atoms with Crippen molar-refractivity contribution >= 4 is 11.9 Å². The number of aryl methyl sites for hydroxylation is 1. The number of carbonyl (C=O) groups is 1. The van der Waals surface area contributed by atoms with E-state index in [0.717, 1.165) is 17.5 Å². The predicted octanol–water partition coefficient (Wildman–Crippen LogP) is 2.28. The van der Waals surface area contributed by atoms with Gasteiger partial charge in [0.25, 0.3) is 0 Å². The van der Waals surface area contributed by atoms with Gasteiger partial charge in [-0.25, -0.2) is 0 Å². The number of hydrogen-bond donors (Lipinski definition) is 1. The standard InChI is InChI=1S/C13H16N4O/c1-3-5-11(18)17-13(14)15-12(16-17)10-7-4-6-9(2)8-10/h4,6-8H,3,5H2,1-2H3,(H2,14,15,16). The number of nitrogen functional groups attached to an aromatic ring is 1. The largest absolute Gasteiger partial charge is 0.368 e. The second kappa shape index (κ2) is 5.00. The first kappa shape index (κ1) is 12.3. The van der Waals surface area contributed by atoms with Gasteiger partial charge in [0.2, 0.25) is 11.9 Å². The summed E-state index contributed by atoms with van der Waals surface area (Å²) in [5, 5.41) is 4.17. The summed E-state index contributed by atoms with van der Waals surface area (Å²) in [5.74, 6) is 0.506. The predicted molar refractivity (Wildman–Crippen MR) is 70.1 cm³/mol. The van der Waals surface area contributed by atoms with Crippen molar-refractivity contribution < 1.29 is 4.79 Å². The Morgan fingerprint density at radius 2 is 2.22 bits per heavy atom. The van der Waals surface area contributed by atoms with Gasteiger partial charge < -0.3 is 5.73 Å². The summed E-state index contributed by atoms with van der Waals surface area (Å²) in [7, 11) is 0. The lowest BCUT2D eigenvalue weighted by molar-refractivity contribution is 0.0889. The lowest BCUT2D eigenvalue weighted by Crippen LogP contribution is -2.14. The average molecular weight is 244 g/mol. The number of nitrogens with two attached hydrogens (primary N) is 1. The number of benzene rings is 1. The molecule has 0 aliphatic carbocycles. The van der Waals surface area contributed by atoms with Crippen LogP contribution >= 0.6 is 0 Å². The first-order valence-electron chi connectivity index (χ1n) is 5.94. The second-order valence-corrected chi connectivity index (χ2v) is 4.22. The molecule has 1 aromatic carbocycles. The van der Waals surface area contributed by atoms with Crippen LogP contribution in [0.15, 0.2) is 24.3 Å². The molecule has 18 heavy (non-hydrogen) atoms. The molecule has 94 valence electrons. The summed E-state index contributed by atoms with van der Waals surface area (Å²) in [6, 6.07) is 7.78. The quantitative estimate of drug-likeness (QED) is 0.898. The highest BCUT2D eigenvalue weighted by molar-refractivity contribution is 5.80. The van der Waals surface area contributed by atoms with E-state index >= 15 is 0 Å². The molecule has 0 bridgehead atoms. The number of rotatable bonds is 3. The molecule has 0 fully saturated rings. The number of hydrogen-bond acceptors (Lipinski definition) is 4. The van der Waals surface area contributed by atoms with Gasteiger partial charge >= 0.3 is 0 Å². The second-order valence-electron chi connectivity index (χ2n) is 4.22. The van der Waals surface area contributed by atoms with E-state index in [-0.39, 0.29) is 11.9 Å². The zero-order valence-corrected chi connectivity index (χ0v) is 10.6. The van der Waals surface area contributed by atoms with Crippen molar-refractivity contribution in [1.82, 2.24) is 14.8 Å². The zero-order valence-electron chi connectivity index (χ0n) is 10.6. The zero-order chi connectivity index (χ0) is 13.1. The third-order valence-electron chi connectivity index (χ3n) is 2.61. The van der Waals surface area contributed by atoms with E-state index in [2.05, 4.69) is 10.1 Å². The van der Waals surface area contributed by atoms with Gasteiger partial charge in [0.15, 0.2) is 5.82 Å². The maximum atomic E-state index is 11.8. The summed E-state index contributed by atoms with van der Waals surface area (Å²) >= 11 is 0. The molecule has 5 nitrogen and oxygen atoms in total. The molecule has 0 aliphatic heterocycles. The SMILES string of the molecule is CCCC(=O)n1nc(-c2cccc(C)c2)nc1N. The lowest BCUT2D eigenvalue weighted by atomic mass is 10.1. The smallest absolute Gasteiger partial charge is 0.250 e. The monoisotopic (exact) mass is 244 g/mol. The molecule has 0 spiro atoms. The normalized spacial score (nSPS) is 10.6. The van der Waals surface area contributed by atoms with Crippen LogP contribution in [0.5, 0.6) is 0 Å². The molecule has 1 aromatic heterocycles. The van der Waals surface area contributed by atoms with Crippen molar-refractivity contribution in [2.24, 2.45) is 0 Å². The minimum Gasteiger partial charge on any atom is -0.368 e. The van der Waals surface area contributed by atoms with Crippen LogP contribution < -0.4 is 5.73 Å². The molecule has 5 heteroatoms. The van der Waals surface area contributed by atoms with Crippen LogP contribution in [-0.2, 0) is 0 Å². The van der Waals surface area contributed by atoms with E-state index in [1.807, 2.05) is 38.1 Å². The molecule has 1 heterocycles. The van der Waals surface area contributed by atoms with Crippen LogP contribution in [0.25, 0.3) is 11.4 Å². The van der Waals surface area contributed by atoms with Gasteiger partial charge in [-0.2, -0.15) is 9.67 Å². The van der Waals surface area contributed by atoms with Crippen molar-refractivity contribution in [2.75, 3.05) is 5.73 Å². The molecular weight excluding hydrogens is 228 g/mol. The Labute approximate surface area is 106 Å². The van der Waals surface area contributed by atoms with Crippen molar-refractivity contribution in [3.63, 3.8) is 0 Å². The van der Waals surface area contributed by atoms with E-state index in [4.69, 9.17) is 5.73 Å². The highest BCUT2D eigenvalue weighted by Gasteiger charge is 2.14. The Kier molecular flexibility index (Phi) is 3.41. The Morgan fingerprint density at radius 1 is 1.44 bits per heavy atom. The number of anilines is 1. The molecule has 0 radical (unpaired) electrons. The molecule has 0 amide bonds. The molecule has 0 atom stereocenters. The third-order valence-corrected chi connectivity index (χ3v) is 2.61. The van der Waals surface area contributed by atoms with E-state index in [1.54, 1.807) is 0 Å². The minimum absolute atomic E-state index is 0.124. The van der Waals surface area contributed by atoms with Crippen LogP contribution in [-0.4, -0.2) is 20.7 Å². The molecule has 0 unspecified atom stereocenters. The highest BCUT2D eigenvalue weighted by Crippen LogP contribution is 2.18. The lowest BCUT2D eigenvalue weighted by Gasteiger charge is -1.98. The molecule has 2 rings (SSSR count). The van der Waals surface area contributed by atoms with E-state index < -0.39 is 0 Å². The van der Waals surface area contributed by atoms with Gasteiger partial charge in [-0.1, -0.05) is 30.7 Å². The fraction of sp³-hybridized carbons (Fsp3) is 0.308. The molecular formula is C13H16N4O. The summed E-state index contributed by atoms with van der Waals surface area (Å²) in [5.41, 5.74) is 7.70. The van der Waals surface area contributed by atoms with Gasteiger partial charge in [0.05, 0.1) is 0 Å². The minimum atomic E-state index is -0.124. The Bertz CT molecular complexity index is 574. The Hall–Kier alpha value is -2.17. The van der Waals surface area contributed by atoms with Gasteiger partial charge in [-0.15, -0.1) is 5.10 Å². The van der Waals surface area contributed by atoms with Crippen molar-refractivity contribution in [1.29, 1.82) is 0 Å². The van der Waals surface area contributed by atoms with Gasteiger partial charge in [0.1, 0.15) is 0 Å². The van der Waals surface area contributed by atoms with Crippen molar-refractivity contribution in [3.8, 4) is 11.4 Å². The fourth-order valence-electron chi connectivity index (χ4n) is 1.73. The van der Waals surface area contributed by atoms with Gasteiger partial charge in [-0.05, 0) is 19.4 Å². The van der Waals surface area contributed by atoms with Crippen LogP contribution in [0.3, 0.4) is 0 Å². The first-order valence-corrected chi connectivity index (χ1v) is 5.94. The molecule has 0 saturated carbocycles. The summed E-state index contributed by atoms with van der Waals surface area (Å²) in [6.07, 6.45) is 1.18. The Balaban J connectivity index is 2.37. The van der Waals surface area contributed by atoms with Gasteiger partial charge in [-0.3, -0.25) is 4.79 Å². The maximum absolute atomic E-state index is 11.8. The fourth-order valence-corrected chi connectivity index (χ4v) is 1.73. The van der Waals surface area contributed by atoms with E-state index in [0.29, 0.717) is 12.2 Å². The van der Waals surface area contributed by atoms with Crippen LogP contribution in [0, 0.1) is 6.92 Å². The number of aromatic nitrogens is 3. The van der Waals surface area contributed by atoms with Crippen LogP contribution in [0.2, 0.25) is 0 Å². The van der Waals surface area contributed by atoms with Crippen molar-refractivity contribution in [3.05, 3.63) is 29.8 Å². The summed E-state index contributed by atoms with van der Waals surface area (Å²) in [6.45, 7) is 3.93. The number of carbonyl (C=O) groups excluding carboxylic acids is 1. The number of nitrogens with zero attached hydrogens (tertiary/aromatic N) is 3. The van der Waals surface area contributed by atoms with E-state index in [9.17, 15) is 4.79 Å². The molecule has 0 aliphatic rings. The van der Waals surface area contributed by atoms with Crippen LogP contribution in [0.4, 0.5) is 5.95 Å². The van der Waals surface area contributed by atoms with Crippen molar-refractivity contribution in [2.45, 2.75) is 26.7 Å². The summed E-state index contributed by atoms with van der Waals surface area (Å²) < 4.78 is 1.18. The van der Waals surface area contributed by atoms with Crippen LogP contribution in [0.1, 0.15) is 30.1 Å². The van der Waals surface area contributed by atoms with E-state index in [1.165, 1.54) is 4.68 Å². The first-order chi connectivity index (χ1) is 8.61. The topological polar surface area (TPSA) is 73.8 Å². The molecule has 0 saturated heterocycles. The Morgan fingerprint density at radius 3 is 2.89 bits per heavy atom. The summed E-state index contributed by atoms with van der Waals surface area (Å²) in [4.78, 5) is 15.9. The average Bonchev–Trinajstić information content (AvgIpc) is 2.72. The molecule has 2 aromatic rings. The molecule has 2 N–H and O–H groups in total. The third kappa shape index (κ3) is 2.40.